The van der Waals surface area contributed by atoms with Gasteiger partial charge in [0.05, 0.1) is 15.9 Å². The first-order valence-corrected chi connectivity index (χ1v) is 11.8. The van der Waals surface area contributed by atoms with Crippen molar-refractivity contribution in [2.24, 2.45) is 0 Å². The minimum Gasteiger partial charge on any atom is -0.454 e. The van der Waals surface area contributed by atoms with Crippen LogP contribution in [0.4, 0.5) is 10.8 Å². The Kier molecular flexibility index (Phi) is 7.25. The lowest BCUT2D eigenvalue weighted by Gasteiger charge is -2.22. The number of thiazole rings is 1. The molecule has 3 amide bonds. The van der Waals surface area contributed by atoms with Gasteiger partial charge < -0.3 is 14.4 Å². The van der Waals surface area contributed by atoms with Gasteiger partial charge in [0, 0.05) is 37.1 Å². The number of fused-ring (bicyclic) bond motifs is 2. The number of amides is 3. The van der Waals surface area contributed by atoms with E-state index in [1.165, 1.54) is 11.3 Å². The molecule has 0 aliphatic carbocycles. The number of aromatic nitrogens is 1. The normalized spacial score (nSPS) is 14.7. The summed E-state index contributed by atoms with van der Waals surface area (Å²) in [5.74, 6) is 0.573. The van der Waals surface area contributed by atoms with E-state index in [9.17, 15) is 14.4 Å². The summed E-state index contributed by atoms with van der Waals surface area (Å²) in [5.41, 5.74) is 1.54. The fourth-order valence-corrected chi connectivity index (χ4v) is 5.05. The molecule has 1 fully saturated rings. The van der Waals surface area contributed by atoms with E-state index in [1.54, 1.807) is 29.2 Å². The number of rotatable bonds is 7. The van der Waals surface area contributed by atoms with Gasteiger partial charge in [-0.1, -0.05) is 17.4 Å². The van der Waals surface area contributed by atoms with Gasteiger partial charge in [-0.05, 0) is 45.3 Å². The monoisotopic (exact) mass is 516 g/mol. The molecule has 2 aliphatic heterocycles. The van der Waals surface area contributed by atoms with Gasteiger partial charge in [-0.2, -0.15) is 0 Å². The van der Waals surface area contributed by atoms with Crippen molar-refractivity contribution in [2.75, 3.05) is 43.8 Å². The van der Waals surface area contributed by atoms with Crippen molar-refractivity contribution >= 4 is 62.5 Å². The Bertz CT molecular complexity index is 1240. The van der Waals surface area contributed by atoms with Crippen LogP contribution in [-0.4, -0.2) is 61.6 Å². The van der Waals surface area contributed by atoms with Crippen LogP contribution in [0.5, 0.6) is 11.5 Å². The Morgan fingerprint density at radius 1 is 1.06 bits per heavy atom. The Hall–Kier alpha value is -3.21. The zero-order valence-electron chi connectivity index (χ0n) is 19.4. The van der Waals surface area contributed by atoms with Crippen molar-refractivity contribution in [3.63, 3.8) is 0 Å². The van der Waals surface area contributed by atoms with Crippen LogP contribution in [0.3, 0.4) is 0 Å². The fraction of sp³-hybridized carbons (Fsp3) is 0.333. The summed E-state index contributed by atoms with van der Waals surface area (Å²) in [6.07, 6.45) is 1.13. The van der Waals surface area contributed by atoms with Gasteiger partial charge in [-0.3, -0.25) is 24.2 Å². The lowest BCUT2D eigenvalue weighted by molar-refractivity contribution is -0.121. The van der Waals surface area contributed by atoms with E-state index in [0.29, 0.717) is 34.4 Å². The summed E-state index contributed by atoms with van der Waals surface area (Å²) in [6, 6.07) is 10.4. The van der Waals surface area contributed by atoms with Crippen molar-refractivity contribution < 1.29 is 23.9 Å². The van der Waals surface area contributed by atoms with Crippen molar-refractivity contribution in [1.29, 1.82) is 0 Å². The first-order valence-electron chi connectivity index (χ1n) is 11.0. The second kappa shape index (κ2) is 10.2. The van der Waals surface area contributed by atoms with E-state index in [2.05, 4.69) is 4.90 Å². The number of halogens is 1. The number of imide groups is 1. The van der Waals surface area contributed by atoms with Gasteiger partial charge in [0.15, 0.2) is 16.6 Å². The number of benzene rings is 2. The maximum Gasteiger partial charge on any atom is 0.260 e. The third kappa shape index (κ3) is 4.95. The van der Waals surface area contributed by atoms with Gasteiger partial charge in [-0.15, -0.1) is 12.4 Å². The third-order valence-electron chi connectivity index (χ3n) is 5.74. The van der Waals surface area contributed by atoms with E-state index in [1.807, 2.05) is 26.2 Å². The van der Waals surface area contributed by atoms with Crippen LogP contribution in [0, 0.1) is 0 Å². The summed E-state index contributed by atoms with van der Waals surface area (Å²) in [5, 5.41) is 0.571. The summed E-state index contributed by atoms with van der Waals surface area (Å²) in [7, 11) is 3.97. The number of hydrogen-bond acceptors (Lipinski definition) is 8. The summed E-state index contributed by atoms with van der Waals surface area (Å²) in [4.78, 5) is 47.6. The molecule has 0 N–H and O–H groups in total. The molecule has 184 valence electrons. The molecular formula is C24H25ClN4O5S. The highest BCUT2D eigenvalue weighted by atomic mass is 35.5. The van der Waals surface area contributed by atoms with Crippen molar-refractivity contribution in [3.05, 3.63) is 42.0 Å². The standard InChI is InChI=1S/C24H24N4O5S.ClH/c1-26(2)9-4-10-27(24-25-17-12-18-19(33-14-32-18)13-20(17)34-24)23(31)15-5-3-6-16(11-15)28-21(29)7-8-22(28)30;/h3,5-6,11-13H,4,7-10,14H2,1-2H3;1H. The van der Waals surface area contributed by atoms with E-state index in [-0.39, 0.29) is 49.8 Å². The summed E-state index contributed by atoms with van der Waals surface area (Å²) < 4.78 is 11.8. The molecule has 9 nitrogen and oxygen atoms in total. The van der Waals surface area contributed by atoms with Crippen LogP contribution >= 0.6 is 23.7 Å². The highest BCUT2D eigenvalue weighted by molar-refractivity contribution is 7.22. The molecule has 1 saturated heterocycles. The first kappa shape index (κ1) is 24.9. The maximum absolute atomic E-state index is 13.7. The van der Waals surface area contributed by atoms with E-state index in [0.717, 1.165) is 28.1 Å². The molecule has 2 aromatic carbocycles. The quantitative estimate of drug-likeness (QED) is 0.442. The predicted octanol–water partition coefficient (Wildman–Crippen LogP) is 3.70. The van der Waals surface area contributed by atoms with Crippen molar-refractivity contribution in [3.8, 4) is 11.5 Å². The van der Waals surface area contributed by atoms with E-state index in [4.69, 9.17) is 14.5 Å². The molecule has 0 saturated carbocycles. The van der Waals surface area contributed by atoms with Gasteiger partial charge in [0.25, 0.3) is 5.91 Å². The van der Waals surface area contributed by atoms with Crippen LogP contribution < -0.4 is 19.3 Å². The number of ether oxygens (including phenoxy) is 2. The van der Waals surface area contributed by atoms with Gasteiger partial charge in [-0.25, -0.2) is 4.98 Å². The summed E-state index contributed by atoms with van der Waals surface area (Å²) in [6.45, 7) is 1.46. The third-order valence-corrected chi connectivity index (χ3v) is 6.78. The Balaban J connectivity index is 0.00000289. The molecular weight excluding hydrogens is 492 g/mol. The van der Waals surface area contributed by atoms with Crippen molar-refractivity contribution in [2.45, 2.75) is 19.3 Å². The number of hydrogen-bond donors (Lipinski definition) is 0. The number of anilines is 2. The van der Waals surface area contributed by atoms with Gasteiger partial charge in [0.1, 0.15) is 0 Å². The average Bonchev–Trinajstić information content (AvgIpc) is 3.52. The largest absolute Gasteiger partial charge is 0.454 e. The van der Waals surface area contributed by atoms with Gasteiger partial charge >= 0.3 is 0 Å². The highest BCUT2D eigenvalue weighted by Crippen LogP contribution is 2.40. The lowest BCUT2D eigenvalue weighted by atomic mass is 10.1. The fourth-order valence-electron chi connectivity index (χ4n) is 4.05. The van der Waals surface area contributed by atoms with Gasteiger partial charge in [0.2, 0.25) is 18.6 Å². The maximum atomic E-state index is 13.7. The number of carbonyl (C=O) groups excluding carboxylic acids is 3. The topological polar surface area (TPSA) is 92.3 Å². The zero-order chi connectivity index (χ0) is 23.8. The van der Waals surface area contributed by atoms with Crippen LogP contribution in [-0.2, 0) is 9.59 Å². The molecule has 3 aromatic rings. The molecule has 11 heteroatoms. The molecule has 2 aliphatic rings. The molecule has 5 rings (SSSR count). The molecule has 1 aromatic heterocycles. The molecule has 0 bridgehead atoms. The van der Waals surface area contributed by atoms with Crippen LogP contribution in [0.2, 0.25) is 0 Å². The van der Waals surface area contributed by atoms with E-state index < -0.39 is 0 Å². The van der Waals surface area contributed by atoms with Crippen LogP contribution in [0.1, 0.15) is 29.6 Å². The Morgan fingerprint density at radius 3 is 2.49 bits per heavy atom. The molecule has 35 heavy (non-hydrogen) atoms. The second-order valence-electron chi connectivity index (χ2n) is 8.46. The SMILES string of the molecule is CN(C)CCCN(C(=O)c1cccc(N2C(=O)CCC2=O)c1)c1nc2cc3c(cc2s1)OCO3.Cl. The van der Waals surface area contributed by atoms with Crippen LogP contribution in [0.15, 0.2) is 36.4 Å². The number of carbonyl (C=O) groups is 3. The molecule has 0 unspecified atom stereocenters. The Morgan fingerprint density at radius 2 is 1.77 bits per heavy atom. The zero-order valence-corrected chi connectivity index (χ0v) is 21.0. The molecule has 3 heterocycles. The molecule has 0 spiro atoms. The average molecular weight is 517 g/mol. The highest BCUT2D eigenvalue weighted by Gasteiger charge is 2.31. The minimum atomic E-state index is -0.249. The molecule has 0 atom stereocenters. The second-order valence-corrected chi connectivity index (χ2v) is 9.47. The van der Waals surface area contributed by atoms with Crippen molar-refractivity contribution in [1.82, 2.24) is 9.88 Å². The lowest BCUT2D eigenvalue weighted by Crippen LogP contribution is -2.34. The number of nitrogens with zero attached hydrogens (tertiary/aromatic N) is 4. The summed E-state index contributed by atoms with van der Waals surface area (Å²) >= 11 is 1.41. The van der Waals surface area contributed by atoms with Crippen LogP contribution in [0.25, 0.3) is 10.2 Å². The minimum absolute atomic E-state index is 0. The molecule has 0 radical (unpaired) electrons. The smallest absolute Gasteiger partial charge is 0.260 e. The Labute approximate surface area is 212 Å². The van der Waals surface area contributed by atoms with E-state index >= 15 is 0 Å². The predicted molar refractivity (Wildman–Crippen MR) is 136 cm³/mol. The first-order chi connectivity index (χ1) is 16.4.